The summed E-state index contributed by atoms with van der Waals surface area (Å²) in [7, 11) is 0. The zero-order valence-electron chi connectivity index (χ0n) is 15.1. The summed E-state index contributed by atoms with van der Waals surface area (Å²) in [5, 5.41) is 4.79. The predicted molar refractivity (Wildman–Crippen MR) is 116 cm³/mol. The van der Waals surface area contributed by atoms with E-state index < -0.39 is 0 Å². The van der Waals surface area contributed by atoms with E-state index in [1.165, 1.54) is 12.1 Å². The maximum absolute atomic E-state index is 13.3. The number of pyridine rings is 1. The van der Waals surface area contributed by atoms with Gasteiger partial charge in [0.2, 0.25) is 0 Å². The Hall–Kier alpha value is -3.38. The van der Waals surface area contributed by atoms with Crippen LogP contribution in [0.1, 0.15) is 15.9 Å². The molecule has 0 aliphatic heterocycles. The molecule has 0 unspecified atom stereocenters. The molecule has 4 rings (SSSR count). The van der Waals surface area contributed by atoms with Crippen LogP contribution in [-0.2, 0) is 0 Å². The summed E-state index contributed by atoms with van der Waals surface area (Å²) in [6.45, 7) is 0. The minimum atomic E-state index is -0.352. The minimum absolute atomic E-state index is 0.325. The Morgan fingerprint density at radius 1 is 1.00 bits per heavy atom. The van der Waals surface area contributed by atoms with E-state index in [1.54, 1.807) is 24.4 Å². The van der Waals surface area contributed by atoms with Gasteiger partial charge < -0.3 is 0 Å². The zero-order valence-corrected chi connectivity index (χ0v) is 16.7. The third-order valence-electron chi connectivity index (χ3n) is 4.38. The van der Waals surface area contributed by atoms with E-state index >= 15 is 0 Å². The van der Waals surface area contributed by atoms with E-state index in [-0.39, 0.29) is 11.7 Å². The Morgan fingerprint density at radius 3 is 2.52 bits per heavy atom. The van der Waals surface area contributed by atoms with Gasteiger partial charge in [0.05, 0.1) is 23.0 Å². The van der Waals surface area contributed by atoms with Gasteiger partial charge in [-0.25, -0.2) is 14.8 Å². The summed E-state index contributed by atoms with van der Waals surface area (Å²) >= 11 is 3.44. The molecule has 29 heavy (non-hydrogen) atoms. The fourth-order valence-electron chi connectivity index (χ4n) is 2.93. The predicted octanol–water partition coefficient (Wildman–Crippen LogP) is 5.57. The van der Waals surface area contributed by atoms with Gasteiger partial charge in [-0.2, -0.15) is 5.10 Å². The molecule has 4 aromatic rings. The lowest BCUT2D eigenvalue weighted by atomic mass is 10.0. The molecule has 1 aromatic heterocycles. The second kappa shape index (κ2) is 8.32. The summed E-state index contributed by atoms with van der Waals surface area (Å²) in [5.74, 6) is -0.677. The lowest BCUT2D eigenvalue weighted by Crippen LogP contribution is -2.18. The number of rotatable bonds is 4. The van der Waals surface area contributed by atoms with Crippen LogP contribution in [0.25, 0.3) is 22.2 Å². The molecule has 1 heterocycles. The van der Waals surface area contributed by atoms with Crippen molar-refractivity contribution in [1.82, 2.24) is 10.4 Å². The number of benzene rings is 3. The average Bonchev–Trinajstić information content (AvgIpc) is 2.74. The molecule has 0 spiro atoms. The fourth-order valence-corrected chi connectivity index (χ4v) is 3.32. The number of para-hydroxylation sites is 1. The Morgan fingerprint density at radius 2 is 1.72 bits per heavy atom. The van der Waals surface area contributed by atoms with Crippen LogP contribution in [0.5, 0.6) is 0 Å². The number of amides is 1. The number of hydrogen-bond acceptors (Lipinski definition) is 3. The van der Waals surface area contributed by atoms with E-state index in [0.717, 1.165) is 15.6 Å². The molecule has 0 radical (unpaired) electrons. The van der Waals surface area contributed by atoms with E-state index in [4.69, 9.17) is 0 Å². The van der Waals surface area contributed by atoms with Gasteiger partial charge in [0.15, 0.2) is 0 Å². The highest BCUT2D eigenvalue weighted by molar-refractivity contribution is 9.10. The Bertz CT molecular complexity index is 1220. The average molecular weight is 448 g/mol. The van der Waals surface area contributed by atoms with Crippen molar-refractivity contribution in [2.24, 2.45) is 5.10 Å². The summed E-state index contributed by atoms with van der Waals surface area (Å²) in [6, 6.07) is 22.7. The lowest BCUT2D eigenvalue weighted by Gasteiger charge is -2.09. The van der Waals surface area contributed by atoms with Gasteiger partial charge in [-0.05, 0) is 42.5 Å². The largest absolute Gasteiger partial charge is 0.272 e. The van der Waals surface area contributed by atoms with Gasteiger partial charge in [0, 0.05) is 21.0 Å². The number of nitrogens with one attached hydrogen (secondary N) is 1. The standard InChI is InChI=1S/C23H15BrFN3O/c24-20-7-3-1-5-16(20)14-26-28-23(29)19-13-22(15-9-11-17(25)12-10-15)27-21-8-4-2-6-18(19)21/h1-14H,(H,28,29). The van der Waals surface area contributed by atoms with Crippen molar-refractivity contribution in [2.45, 2.75) is 0 Å². The molecule has 0 saturated heterocycles. The first kappa shape index (κ1) is 19.0. The Labute approximate surface area is 175 Å². The number of fused-ring (bicyclic) bond motifs is 1. The number of hydrogen-bond donors (Lipinski definition) is 1. The molecule has 0 aliphatic carbocycles. The van der Waals surface area contributed by atoms with Crippen molar-refractivity contribution in [3.8, 4) is 11.3 Å². The van der Waals surface area contributed by atoms with Gasteiger partial charge in [0.1, 0.15) is 5.82 Å². The molecule has 142 valence electrons. The molecule has 0 atom stereocenters. The van der Waals surface area contributed by atoms with Gasteiger partial charge in [-0.1, -0.05) is 52.3 Å². The number of hydrazone groups is 1. The van der Waals surface area contributed by atoms with Crippen LogP contribution in [0.4, 0.5) is 4.39 Å². The van der Waals surface area contributed by atoms with E-state index in [9.17, 15) is 9.18 Å². The third kappa shape index (κ3) is 4.22. The SMILES string of the molecule is O=C(NN=Cc1ccccc1Br)c1cc(-c2ccc(F)cc2)nc2ccccc12. The summed E-state index contributed by atoms with van der Waals surface area (Å²) in [5.41, 5.74) is 5.85. The molecule has 6 heteroatoms. The van der Waals surface area contributed by atoms with E-state index in [2.05, 4.69) is 31.4 Å². The molecule has 3 aromatic carbocycles. The maximum Gasteiger partial charge on any atom is 0.272 e. The fraction of sp³-hybridized carbons (Fsp3) is 0. The van der Waals surface area contributed by atoms with Crippen LogP contribution < -0.4 is 5.43 Å². The smallest absolute Gasteiger partial charge is 0.267 e. The van der Waals surface area contributed by atoms with Crippen LogP contribution in [0.2, 0.25) is 0 Å². The molecule has 1 N–H and O–H groups in total. The minimum Gasteiger partial charge on any atom is -0.267 e. The number of nitrogens with zero attached hydrogens (tertiary/aromatic N) is 2. The number of halogens is 2. The van der Waals surface area contributed by atoms with Gasteiger partial charge in [0.25, 0.3) is 5.91 Å². The molecule has 0 saturated carbocycles. The first-order chi connectivity index (χ1) is 14.1. The lowest BCUT2D eigenvalue weighted by molar-refractivity contribution is 0.0956. The zero-order chi connectivity index (χ0) is 20.2. The molecule has 4 nitrogen and oxygen atoms in total. The van der Waals surface area contributed by atoms with Crippen LogP contribution in [0.3, 0.4) is 0 Å². The summed E-state index contributed by atoms with van der Waals surface area (Å²) in [6.07, 6.45) is 1.58. The Balaban J connectivity index is 1.69. The second-order valence-electron chi connectivity index (χ2n) is 6.30. The highest BCUT2D eigenvalue weighted by atomic mass is 79.9. The van der Waals surface area contributed by atoms with E-state index in [0.29, 0.717) is 22.2 Å². The third-order valence-corrected chi connectivity index (χ3v) is 5.10. The van der Waals surface area contributed by atoms with Crippen molar-refractivity contribution < 1.29 is 9.18 Å². The molecule has 0 bridgehead atoms. The Kier molecular flexibility index (Phi) is 5.44. The van der Waals surface area contributed by atoms with E-state index in [1.807, 2.05) is 48.5 Å². The number of aromatic nitrogens is 1. The molecular weight excluding hydrogens is 433 g/mol. The summed E-state index contributed by atoms with van der Waals surface area (Å²) < 4.78 is 14.1. The second-order valence-corrected chi connectivity index (χ2v) is 7.15. The van der Waals surface area contributed by atoms with Crippen molar-refractivity contribution >= 4 is 39.0 Å². The van der Waals surface area contributed by atoms with Crippen LogP contribution in [-0.4, -0.2) is 17.1 Å². The molecule has 0 fully saturated rings. The number of carbonyl (C=O) groups is 1. The van der Waals surface area contributed by atoms with Crippen LogP contribution in [0, 0.1) is 5.82 Å². The highest BCUT2D eigenvalue weighted by Gasteiger charge is 2.13. The highest BCUT2D eigenvalue weighted by Crippen LogP contribution is 2.25. The molecule has 0 aliphatic rings. The normalized spacial score (nSPS) is 11.1. The van der Waals surface area contributed by atoms with Crippen molar-refractivity contribution in [1.29, 1.82) is 0 Å². The first-order valence-electron chi connectivity index (χ1n) is 8.85. The quantitative estimate of drug-likeness (QED) is 0.328. The molecular formula is C23H15BrFN3O. The monoisotopic (exact) mass is 447 g/mol. The first-order valence-corrected chi connectivity index (χ1v) is 9.65. The van der Waals surface area contributed by atoms with Gasteiger partial charge >= 0.3 is 0 Å². The summed E-state index contributed by atoms with van der Waals surface area (Å²) in [4.78, 5) is 17.5. The van der Waals surface area contributed by atoms with Crippen molar-refractivity contribution in [3.63, 3.8) is 0 Å². The topological polar surface area (TPSA) is 54.4 Å². The van der Waals surface area contributed by atoms with Gasteiger partial charge in [-0.15, -0.1) is 0 Å². The molecule has 1 amide bonds. The van der Waals surface area contributed by atoms with Crippen molar-refractivity contribution in [2.75, 3.05) is 0 Å². The van der Waals surface area contributed by atoms with Crippen molar-refractivity contribution in [3.05, 3.63) is 100 Å². The van der Waals surface area contributed by atoms with Crippen LogP contribution in [0.15, 0.2) is 88.4 Å². The maximum atomic E-state index is 13.3. The van der Waals surface area contributed by atoms with Gasteiger partial charge in [-0.3, -0.25) is 4.79 Å². The number of carbonyl (C=O) groups excluding carboxylic acids is 1. The van der Waals surface area contributed by atoms with Crippen LogP contribution >= 0.6 is 15.9 Å².